The Kier molecular flexibility index (Phi) is 10.4. The van der Waals surface area contributed by atoms with E-state index in [1.807, 2.05) is 79.7 Å². The fourth-order valence-corrected chi connectivity index (χ4v) is 8.42. The van der Waals surface area contributed by atoms with Crippen molar-refractivity contribution in [3.63, 3.8) is 0 Å². The SMILES string of the molecule is Cc1ccccc1COc1ccc(/C(O)=C2\C(=O)C(=O)N(c3nnc(SCc4cccc5ccccc45)s3)C2c2ccc(OCc3ccccc3)cc2)cc1. The van der Waals surface area contributed by atoms with Crippen LogP contribution in [0.25, 0.3) is 16.5 Å². The number of benzene rings is 6. The number of aliphatic hydroxyl groups is 1. The van der Waals surface area contributed by atoms with E-state index in [4.69, 9.17) is 9.47 Å². The van der Waals surface area contributed by atoms with Gasteiger partial charge in [0.15, 0.2) is 4.34 Å². The lowest BCUT2D eigenvalue weighted by Crippen LogP contribution is -2.29. The predicted molar refractivity (Wildman–Crippen MR) is 217 cm³/mol. The number of ether oxygens (including phenoxy) is 2. The number of thioether (sulfide) groups is 1. The zero-order valence-electron chi connectivity index (χ0n) is 29.8. The summed E-state index contributed by atoms with van der Waals surface area (Å²) in [5.74, 6) is -0.0364. The van der Waals surface area contributed by atoms with Crippen molar-refractivity contribution >= 4 is 56.5 Å². The molecule has 0 bridgehead atoms. The van der Waals surface area contributed by atoms with E-state index in [0.717, 1.165) is 33.0 Å². The first-order valence-corrected chi connectivity index (χ1v) is 19.5. The highest BCUT2D eigenvalue weighted by atomic mass is 32.2. The number of hydrogen-bond acceptors (Lipinski definition) is 9. The van der Waals surface area contributed by atoms with Crippen molar-refractivity contribution in [1.82, 2.24) is 10.2 Å². The number of aromatic nitrogens is 2. The van der Waals surface area contributed by atoms with E-state index in [0.29, 0.717) is 45.9 Å². The average Bonchev–Trinajstić information content (AvgIpc) is 3.80. The smallest absolute Gasteiger partial charge is 0.301 e. The number of hydrogen-bond donors (Lipinski definition) is 1. The fraction of sp³-hybridized carbons (Fsp3) is 0.111. The molecule has 0 saturated carbocycles. The van der Waals surface area contributed by atoms with E-state index in [2.05, 4.69) is 34.5 Å². The normalized spacial score (nSPS) is 15.1. The van der Waals surface area contributed by atoms with Gasteiger partial charge in [-0.3, -0.25) is 14.5 Å². The van der Waals surface area contributed by atoms with Gasteiger partial charge < -0.3 is 14.6 Å². The number of anilines is 1. The van der Waals surface area contributed by atoms with Gasteiger partial charge in [-0.15, -0.1) is 10.2 Å². The zero-order chi connectivity index (χ0) is 37.7. The highest BCUT2D eigenvalue weighted by Crippen LogP contribution is 2.44. The Bertz CT molecular complexity index is 2510. The second-order valence-electron chi connectivity index (χ2n) is 13.0. The third-order valence-corrected chi connectivity index (χ3v) is 11.6. The molecule has 1 aromatic heterocycles. The molecule has 7 aromatic rings. The summed E-state index contributed by atoms with van der Waals surface area (Å²) in [6.45, 7) is 2.80. The van der Waals surface area contributed by atoms with Crippen LogP contribution in [-0.4, -0.2) is 27.0 Å². The summed E-state index contributed by atoms with van der Waals surface area (Å²) >= 11 is 2.75. The maximum atomic E-state index is 13.9. The maximum Gasteiger partial charge on any atom is 0.301 e. The summed E-state index contributed by atoms with van der Waals surface area (Å²) in [7, 11) is 0. The number of fused-ring (bicyclic) bond motifs is 1. The van der Waals surface area contributed by atoms with Crippen LogP contribution in [0.4, 0.5) is 5.13 Å². The van der Waals surface area contributed by atoms with Crippen LogP contribution >= 0.6 is 23.1 Å². The Morgan fingerprint density at radius 2 is 1.38 bits per heavy atom. The molecule has 1 amide bonds. The average molecular weight is 762 g/mol. The Morgan fingerprint density at radius 3 is 2.16 bits per heavy atom. The van der Waals surface area contributed by atoms with Crippen LogP contribution in [0.5, 0.6) is 11.5 Å². The van der Waals surface area contributed by atoms with Gasteiger partial charge in [0, 0.05) is 11.3 Å². The Hall–Kier alpha value is -6.23. The lowest BCUT2D eigenvalue weighted by Gasteiger charge is -2.22. The molecule has 0 aliphatic carbocycles. The molecule has 8 rings (SSSR count). The van der Waals surface area contributed by atoms with Gasteiger partial charge in [-0.05, 0) is 81.9 Å². The van der Waals surface area contributed by atoms with E-state index in [1.54, 1.807) is 48.5 Å². The summed E-state index contributed by atoms with van der Waals surface area (Å²) in [6.07, 6.45) is 0. The van der Waals surface area contributed by atoms with Crippen molar-refractivity contribution in [2.24, 2.45) is 0 Å². The van der Waals surface area contributed by atoms with Crippen molar-refractivity contribution in [3.05, 3.63) is 185 Å². The minimum atomic E-state index is -0.968. The number of aryl methyl sites for hydroxylation is 1. The number of ketones is 1. The number of aliphatic hydroxyl groups excluding tert-OH is 1. The van der Waals surface area contributed by atoms with Gasteiger partial charge in [0.25, 0.3) is 5.78 Å². The summed E-state index contributed by atoms with van der Waals surface area (Å²) in [6, 6.07) is 45.3. The lowest BCUT2D eigenvalue weighted by molar-refractivity contribution is -0.132. The van der Waals surface area contributed by atoms with Gasteiger partial charge in [0.05, 0.1) is 11.6 Å². The van der Waals surface area contributed by atoms with E-state index in [9.17, 15) is 14.7 Å². The van der Waals surface area contributed by atoms with E-state index < -0.39 is 17.7 Å². The van der Waals surface area contributed by atoms with Crippen molar-refractivity contribution in [2.45, 2.75) is 36.3 Å². The molecule has 1 N–H and O–H groups in total. The molecule has 8 nitrogen and oxygen atoms in total. The van der Waals surface area contributed by atoms with Crippen molar-refractivity contribution in [2.75, 3.05) is 4.90 Å². The second-order valence-corrected chi connectivity index (χ2v) is 15.2. The van der Waals surface area contributed by atoms with Gasteiger partial charge in [-0.1, -0.05) is 132 Å². The molecule has 1 unspecified atom stereocenters. The van der Waals surface area contributed by atoms with Crippen LogP contribution in [0.3, 0.4) is 0 Å². The third-order valence-electron chi connectivity index (χ3n) is 9.50. The van der Waals surface area contributed by atoms with Gasteiger partial charge in [-0.2, -0.15) is 0 Å². The second kappa shape index (κ2) is 16.0. The van der Waals surface area contributed by atoms with Crippen molar-refractivity contribution < 1.29 is 24.2 Å². The van der Waals surface area contributed by atoms with Crippen LogP contribution in [0, 0.1) is 6.92 Å². The number of Topliss-reactive ketones (excluding diaryl/α,β-unsaturated/α-hetero) is 1. The fourth-order valence-electron chi connectivity index (χ4n) is 6.55. The molecule has 0 radical (unpaired) electrons. The predicted octanol–water partition coefficient (Wildman–Crippen LogP) is 10.1. The quantitative estimate of drug-likeness (QED) is 0.0432. The lowest BCUT2D eigenvalue weighted by atomic mass is 9.95. The minimum absolute atomic E-state index is 0.0447. The zero-order valence-corrected chi connectivity index (χ0v) is 31.4. The third kappa shape index (κ3) is 7.73. The molecular weight excluding hydrogens is 727 g/mol. The molecule has 0 spiro atoms. The molecule has 10 heteroatoms. The molecule has 272 valence electrons. The Labute approximate surface area is 326 Å². The van der Waals surface area contributed by atoms with Crippen LogP contribution < -0.4 is 14.4 Å². The number of amides is 1. The molecule has 1 saturated heterocycles. The number of carbonyl (C=O) groups excluding carboxylic acids is 2. The highest BCUT2D eigenvalue weighted by molar-refractivity contribution is 8.00. The molecule has 1 fully saturated rings. The molecule has 1 aliphatic rings. The Balaban J connectivity index is 1.09. The molecule has 6 aromatic carbocycles. The molecule has 55 heavy (non-hydrogen) atoms. The topological polar surface area (TPSA) is 102 Å². The summed E-state index contributed by atoms with van der Waals surface area (Å²) in [4.78, 5) is 29.2. The monoisotopic (exact) mass is 761 g/mol. The molecular formula is C45H35N3O5S2. The van der Waals surface area contributed by atoms with Gasteiger partial charge in [-0.25, -0.2) is 0 Å². The van der Waals surface area contributed by atoms with Crippen LogP contribution in [0.15, 0.2) is 156 Å². The van der Waals surface area contributed by atoms with E-state index in [-0.39, 0.29) is 16.5 Å². The first-order valence-electron chi connectivity index (χ1n) is 17.7. The van der Waals surface area contributed by atoms with Gasteiger partial charge in [0.1, 0.15) is 30.5 Å². The van der Waals surface area contributed by atoms with E-state index in [1.165, 1.54) is 28.0 Å². The highest BCUT2D eigenvalue weighted by Gasteiger charge is 2.48. The first-order chi connectivity index (χ1) is 26.9. The molecule has 2 heterocycles. The Morgan fingerprint density at radius 1 is 0.727 bits per heavy atom. The van der Waals surface area contributed by atoms with Crippen LogP contribution in [0.1, 0.15) is 39.4 Å². The number of carbonyl (C=O) groups is 2. The molecule has 1 aliphatic heterocycles. The molecule has 1 atom stereocenters. The van der Waals surface area contributed by atoms with E-state index >= 15 is 0 Å². The number of nitrogens with zero attached hydrogens (tertiary/aromatic N) is 3. The summed E-state index contributed by atoms with van der Waals surface area (Å²) < 4.78 is 12.7. The van der Waals surface area contributed by atoms with Crippen molar-refractivity contribution in [1.29, 1.82) is 0 Å². The van der Waals surface area contributed by atoms with Crippen LogP contribution in [-0.2, 0) is 28.6 Å². The first kappa shape index (κ1) is 35.8. The van der Waals surface area contributed by atoms with Crippen LogP contribution in [0.2, 0.25) is 0 Å². The summed E-state index contributed by atoms with van der Waals surface area (Å²) in [5.41, 5.74) is 5.31. The van der Waals surface area contributed by atoms with Gasteiger partial charge >= 0.3 is 5.91 Å². The standard InChI is InChI=1S/C45H35N3O5S2/c1-29-10-5-6-14-34(29)27-53-37-24-20-33(21-25-37)41(49)39-40(32-18-22-36(23-19-32)52-26-30-11-3-2-4-12-30)48(43(51)42(39)50)44-46-47-45(55-44)54-28-35-16-9-15-31-13-7-8-17-38(31)35/h2-25,40,49H,26-28H2,1H3/b41-39+. The van der Waals surface area contributed by atoms with Gasteiger partial charge in [0.2, 0.25) is 5.13 Å². The van der Waals surface area contributed by atoms with Crippen molar-refractivity contribution in [3.8, 4) is 11.5 Å². The minimum Gasteiger partial charge on any atom is -0.507 e. The largest absolute Gasteiger partial charge is 0.507 e. The number of rotatable bonds is 12. The summed E-state index contributed by atoms with van der Waals surface area (Å²) in [5, 5.41) is 23.2. The maximum absolute atomic E-state index is 13.9.